The molecule has 0 atom stereocenters. The lowest BCUT2D eigenvalue weighted by Crippen LogP contribution is -2.06. The highest BCUT2D eigenvalue weighted by Gasteiger charge is 2.23. The van der Waals surface area contributed by atoms with Crippen molar-refractivity contribution in [1.29, 1.82) is 0 Å². The van der Waals surface area contributed by atoms with Crippen LogP contribution in [0.3, 0.4) is 0 Å². The SMILES string of the molecule is C/C=C(\N=C1CCCCC1)c1ccc(-n2cnc(C)c2)c(CC)n1.CC(F)(F)c1ccc(Cl)cc1. The maximum Gasteiger partial charge on any atom is 0.270 e. The Kier molecular flexibility index (Phi) is 9.33. The smallest absolute Gasteiger partial charge is 0.270 e. The first-order valence-electron chi connectivity index (χ1n) is 12.1. The summed E-state index contributed by atoms with van der Waals surface area (Å²) in [5.41, 5.74) is 6.46. The van der Waals surface area contributed by atoms with Crippen molar-refractivity contribution in [3.8, 4) is 5.69 Å². The van der Waals surface area contributed by atoms with Gasteiger partial charge in [0.15, 0.2) is 0 Å². The molecule has 0 aliphatic heterocycles. The van der Waals surface area contributed by atoms with Crippen molar-refractivity contribution in [2.75, 3.05) is 0 Å². The lowest BCUT2D eigenvalue weighted by atomic mass is 9.98. The number of aromatic nitrogens is 3. The van der Waals surface area contributed by atoms with Crippen LogP contribution in [-0.2, 0) is 12.3 Å². The van der Waals surface area contributed by atoms with Gasteiger partial charge in [-0.15, -0.1) is 0 Å². The summed E-state index contributed by atoms with van der Waals surface area (Å²) in [5.74, 6) is -2.77. The zero-order valence-electron chi connectivity index (χ0n) is 20.9. The molecule has 4 rings (SSSR count). The molecule has 35 heavy (non-hydrogen) atoms. The van der Waals surface area contributed by atoms with E-state index in [9.17, 15) is 8.78 Å². The standard InChI is InChI=1S/C20H26N4.C8H7ClF2/c1-4-17(22-16-9-7-6-8-10-16)19-11-12-20(18(5-2)23-19)24-13-15(3)21-14-24;1-8(10,11)6-2-4-7(9)5-3-6/h4,11-14H,5-10H2,1-3H3;2-5H,1H3/b17-4-;. The van der Waals surface area contributed by atoms with Gasteiger partial charge >= 0.3 is 0 Å². The van der Waals surface area contributed by atoms with Crippen LogP contribution in [0, 0.1) is 6.92 Å². The van der Waals surface area contributed by atoms with Gasteiger partial charge in [0.2, 0.25) is 0 Å². The molecule has 2 heterocycles. The Morgan fingerprint density at radius 2 is 1.80 bits per heavy atom. The molecule has 186 valence electrons. The Morgan fingerprint density at radius 3 is 2.34 bits per heavy atom. The van der Waals surface area contributed by atoms with Crippen LogP contribution in [0.5, 0.6) is 0 Å². The van der Waals surface area contributed by atoms with Crippen LogP contribution < -0.4 is 0 Å². The lowest BCUT2D eigenvalue weighted by Gasteiger charge is -2.14. The Morgan fingerprint density at radius 1 is 1.11 bits per heavy atom. The zero-order valence-corrected chi connectivity index (χ0v) is 21.6. The maximum absolute atomic E-state index is 12.5. The van der Waals surface area contributed by atoms with E-state index in [1.165, 1.54) is 49.2 Å². The molecule has 0 amide bonds. The molecule has 1 aromatic carbocycles. The van der Waals surface area contributed by atoms with Gasteiger partial charge in [0, 0.05) is 29.4 Å². The van der Waals surface area contributed by atoms with Crippen LogP contribution >= 0.6 is 11.6 Å². The zero-order chi connectivity index (χ0) is 25.4. The van der Waals surface area contributed by atoms with Gasteiger partial charge < -0.3 is 4.57 Å². The fourth-order valence-corrected chi connectivity index (χ4v) is 4.07. The number of allylic oxidation sites excluding steroid dienone is 1. The predicted molar refractivity (Wildman–Crippen MR) is 141 cm³/mol. The molecule has 7 heteroatoms. The minimum absolute atomic E-state index is 0.0121. The first-order valence-corrected chi connectivity index (χ1v) is 12.5. The molecule has 1 aliphatic rings. The Hall–Kier alpha value is -2.86. The molecule has 0 spiro atoms. The van der Waals surface area contributed by atoms with Gasteiger partial charge in [-0.3, -0.25) is 4.99 Å². The van der Waals surface area contributed by atoms with Gasteiger partial charge in [0.1, 0.15) is 0 Å². The number of imidazole rings is 1. The van der Waals surface area contributed by atoms with Crippen LogP contribution in [0.1, 0.15) is 75.5 Å². The van der Waals surface area contributed by atoms with Gasteiger partial charge in [0.05, 0.1) is 34.8 Å². The summed E-state index contributed by atoms with van der Waals surface area (Å²) in [5, 5.41) is 0.470. The van der Waals surface area contributed by atoms with Gasteiger partial charge in [-0.25, -0.2) is 18.7 Å². The van der Waals surface area contributed by atoms with Crippen LogP contribution in [0.2, 0.25) is 5.02 Å². The molecule has 4 nitrogen and oxygen atoms in total. The number of nitrogens with zero attached hydrogens (tertiary/aromatic N) is 4. The van der Waals surface area contributed by atoms with Crippen LogP contribution in [-0.4, -0.2) is 20.2 Å². The molecule has 1 saturated carbocycles. The van der Waals surface area contributed by atoms with Gasteiger partial charge in [0.25, 0.3) is 5.92 Å². The fraction of sp³-hybridized carbons (Fsp3) is 0.393. The second-order valence-electron chi connectivity index (χ2n) is 8.75. The molecule has 0 saturated heterocycles. The van der Waals surface area contributed by atoms with E-state index >= 15 is 0 Å². The Bertz CT molecular complexity index is 1170. The Labute approximate surface area is 211 Å². The molecule has 0 bridgehead atoms. The highest BCUT2D eigenvalue weighted by molar-refractivity contribution is 6.30. The third kappa shape index (κ3) is 7.56. The molecule has 0 radical (unpaired) electrons. The molecule has 1 aliphatic carbocycles. The second-order valence-corrected chi connectivity index (χ2v) is 9.18. The summed E-state index contributed by atoms with van der Waals surface area (Å²) in [6.45, 7) is 7.04. The highest BCUT2D eigenvalue weighted by atomic mass is 35.5. The summed E-state index contributed by atoms with van der Waals surface area (Å²) in [4.78, 5) is 14.1. The fourth-order valence-electron chi connectivity index (χ4n) is 3.94. The van der Waals surface area contributed by atoms with Crippen molar-refractivity contribution in [2.45, 2.75) is 72.1 Å². The number of aryl methyl sites for hydroxylation is 2. The van der Waals surface area contributed by atoms with Gasteiger partial charge in [-0.1, -0.05) is 43.2 Å². The number of hydrogen-bond donors (Lipinski definition) is 0. The minimum Gasteiger partial charge on any atom is -0.304 e. The van der Waals surface area contributed by atoms with Crippen LogP contribution in [0.15, 0.2) is 60.0 Å². The van der Waals surface area contributed by atoms with Crippen molar-refractivity contribution in [3.05, 3.63) is 82.7 Å². The van der Waals surface area contributed by atoms with E-state index in [1.54, 1.807) is 0 Å². The largest absolute Gasteiger partial charge is 0.304 e. The van der Waals surface area contributed by atoms with Crippen molar-refractivity contribution < 1.29 is 8.78 Å². The average molecular weight is 499 g/mol. The lowest BCUT2D eigenvalue weighted by molar-refractivity contribution is 0.0175. The molecular formula is C28H33ClF2N4. The molecule has 0 unspecified atom stereocenters. The summed E-state index contributed by atoms with van der Waals surface area (Å²) in [7, 11) is 0. The third-order valence-electron chi connectivity index (χ3n) is 5.87. The molecule has 1 fully saturated rings. The van der Waals surface area contributed by atoms with Crippen molar-refractivity contribution >= 4 is 23.0 Å². The number of halogens is 3. The summed E-state index contributed by atoms with van der Waals surface area (Å²) in [6.07, 6.45) is 13.0. The van der Waals surface area contributed by atoms with E-state index in [0.29, 0.717) is 5.02 Å². The number of aliphatic imine (C=N–C) groups is 1. The summed E-state index contributed by atoms with van der Waals surface area (Å²) in [6, 6.07) is 9.76. The molecular weight excluding hydrogens is 466 g/mol. The monoisotopic (exact) mass is 498 g/mol. The molecule has 2 aromatic heterocycles. The van der Waals surface area contributed by atoms with Crippen LogP contribution in [0.4, 0.5) is 8.78 Å². The van der Waals surface area contributed by atoms with Gasteiger partial charge in [-0.05, 0) is 70.2 Å². The summed E-state index contributed by atoms with van der Waals surface area (Å²) >= 11 is 5.52. The number of pyridine rings is 1. The number of rotatable bonds is 5. The number of alkyl halides is 2. The van der Waals surface area contributed by atoms with E-state index in [4.69, 9.17) is 21.6 Å². The van der Waals surface area contributed by atoms with E-state index in [1.807, 2.05) is 30.9 Å². The normalized spacial score (nSPS) is 14.4. The first kappa shape index (κ1) is 26.7. The second kappa shape index (κ2) is 12.2. The van der Waals surface area contributed by atoms with E-state index in [0.717, 1.165) is 54.7 Å². The number of benzene rings is 1. The maximum atomic E-state index is 12.5. The Balaban J connectivity index is 0.000000261. The number of hydrogen-bond acceptors (Lipinski definition) is 3. The van der Waals surface area contributed by atoms with Crippen LogP contribution in [0.25, 0.3) is 11.4 Å². The first-order chi connectivity index (χ1) is 16.7. The predicted octanol–water partition coefficient (Wildman–Crippen LogP) is 8.36. The third-order valence-corrected chi connectivity index (χ3v) is 6.12. The van der Waals surface area contributed by atoms with E-state index in [-0.39, 0.29) is 5.56 Å². The quantitative estimate of drug-likeness (QED) is 0.354. The van der Waals surface area contributed by atoms with Crippen molar-refractivity contribution in [2.24, 2.45) is 4.99 Å². The molecule has 3 aromatic rings. The van der Waals surface area contributed by atoms with E-state index < -0.39 is 5.92 Å². The highest BCUT2D eigenvalue weighted by Crippen LogP contribution is 2.27. The topological polar surface area (TPSA) is 43.1 Å². The van der Waals surface area contributed by atoms with E-state index in [2.05, 4.69) is 30.1 Å². The summed E-state index contributed by atoms with van der Waals surface area (Å²) < 4.78 is 27.1. The van der Waals surface area contributed by atoms with Crippen molar-refractivity contribution in [1.82, 2.24) is 14.5 Å². The minimum atomic E-state index is -2.77. The average Bonchev–Trinajstić information content (AvgIpc) is 3.29. The van der Waals surface area contributed by atoms with Gasteiger partial charge in [-0.2, -0.15) is 0 Å². The molecule has 0 N–H and O–H groups in total. The van der Waals surface area contributed by atoms with Crippen molar-refractivity contribution in [3.63, 3.8) is 0 Å².